The van der Waals surface area contributed by atoms with Gasteiger partial charge in [0.1, 0.15) is 5.75 Å². The molecule has 24 heavy (non-hydrogen) atoms. The summed E-state index contributed by atoms with van der Waals surface area (Å²) in [5, 5.41) is 3.40. The lowest BCUT2D eigenvalue weighted by Gasteiger charge is -2.16. The van der Waals surface area contributed by atoms with Gasteiger partial charge in [0.15, 0.2) is 11.5 Å². The van der Waals surface area contributed by atoms with E-state index in [0.717, 1.165) is 17.9 Å². The van der Waals surface area contributed by atoms with E-state index in [1.807, 2.05) is 36.4 Å². The molecule has 0 heterocycles. The van der Waals surface area contributed by atoms with Gasteiger partial charge in [0.2, 0.25) is 5.75 Å². The first kappa shape index (κ1) is 19.9. The van der Waals surface area contributed by atoms with Crippen LogP contribution in [0.2, 0.25) is 0 Å². The molecular weight excluding hydrogens is 330 g/mol. The SMILES string of the molecule is COc1ccc(CNCc2ccc(OC)c(OC)c2OC)cc1.Cl. The van der Waals surface area contributed by atoms with Crippen LogP contribution in [0.3, 0.4) is 0 Å². The number of hydrogen-bond donors (Lipinski definition) is 1. The first-order chi connectivity index (χ1) is 11.2. The van der Waals surface area contributed by atoms with E-state index < -0.39 is 0 Å². The molecule has 0 saturated heterocycles. The van der Waals surface area contributed by atoms with E-state index >= 15 is 0 Å². The van der Waals surface area contributed by atoms with E-state index in [9.17, 15) is 0 Å². The number of halogens is 1. The Morgan fingerprint density at radius 3 is 1.92 bits per heavy atom. The van der Waals surface area contributed by atoms with Crippen LogP contribution in [-0.4, -0.2) is 28.4 Å². The van der Waals surface area contributed by atoms with Crippen molar-refractivity contribution in [1.82, 2.24) is 5.32 Å². The van der Waals surface area contributed by atoms with Gasteiger partial charge in [-0.25, -0.2) is 0 Å². The maximum absolute atomic E-state index is 5.48. The molecule has 0 radical (unpaired) electrons. The summed E-state index contributed by atoms with van der Waals surface area (Å²) in [6.07, 6.45) is 0. The third-order valence-electron chi connectivity index (χ3n) is 3.59. The van der Waals surface area contributed by atoms with Crippen molar-refractivity contribution in [2.24, 2.45) is 0 Å². The quantitative estimate of drug-likeness (QED) is 0.787. The van der Waals surface area contributed by atoms with Crippen LogP contribution in [0.4, 0.5) is 0 Å². The molecular formula is C18H24ClNO4. The highest BCUT2D eigenvalue weighted by atomic mass is 35.5. The summed E-state index contributed by atoms with van der Waals surface area (Å²) < 4.78 is 21.3. The molecule has 0 unspecified atom stereocenters. The largest absolute Gasteiger partial charge is 0.497 e. The number of hydrogen-bond acceptors (Lipinski definition) is 5. The Morgan fingerprint density at radius 1 is 0.708 bits per heavy atom. The van der Waals surface area contributed by atoms with Crippen molar-refractivity contribution in [2.45, 2.75) is 13.1 Å². The Morgan fingerprint density at radius 2 is 1.38 bits per heavy atom. The lowest BCUT2D eigenvalue weighted by molar-refractivity contribution is 0.321. The second kappa shape index (κ2) is 9.90. The molecule has 0 aliphatic rings. The molecule has 2 aromatic rings. The molecule has 0 fully saturated rings. The number of methoxy groups -OCH3 is 4. The fourth-order valence-electron chi connectivity index (χ4n) is 2.39. The van der Waals surface area contributed by atoms with Gasteiger partial charge in [-0.05, 0) is 23.8 Å². The van der Waals surface area contributed by atoms with Crippen LogP contribution in [0.1, 0.15) is 11.1 Å². The van der Waals surface area contributed by atoms with Crippen molar-refractivity contribution in [1.29, 1.82) is 0 Å². The van der Waals surface area contributed by atoms with Crippen LogP contribution in [0.15, 0.2) is 36.4 Å². The summed E-state index contributed by atoms with van der Waals surface area (Å²) in [6, 6.07) is 11.8. The smallest absolute Gasteiger partial charge is 0.203 e. The standard InChI is InChI=1S/C18H23NO4.ClH/c1-20-15-8-5-13(6-9-15)11-19-12-14-7-10-16(21-2)18(23-4)17(14)22-3;/h5-10,19H,11-12H2,1-4H3;1H. The Bertz CT molecular complexity index is 632. The molecule has 5 nitrogen and oxygen atoms in total. The summed E-state index contributed by atoms with van der Waals surface area (Å²) in [5.41, 5.74) is 2.20. The highest BCUT2D eigenvalue weighted by molar-refractivity contribution is 5.85. The number of benzene rings is 2. The van der Waals surface area contributed by atoms with Crippen LogP contribution in [0.5, 0.6) is 23.0 Å². The van der Waals surface area contributed by atoms with Gasteiger partial charge in [0.05, 0.1) is 28.4 Å². The van der Waals surface area contributed by atoms with Gasteiger partial charge in [-0.3, -0.25) is 0 Å². The first-order valence-electron chi connectivity index (χ1n) is 7.35. The van der Waals surface area contributed by atoms with Gasteiger partial charge in [0.25, 0.3) is 0 Å². The van der Waals surface area contributed by atoms with Crippen molar-refractivity contribution in [3.05, 3.63) is 47.5 Å². The molecule has 0 aliphatic heterocycles. The molecule has 132 valence electrons. The van der Waals surface area contributed by atoms with Crippen molar-refractivity contribution in [3.8, 4) is 23.0 Å². The van der Waals surface area contributed by atoms with Crippen molar-refractivity contribution >= 4 is 12.4 Å². The highest BCUT2D eigenvalue weighted by Gasteiger charge is 2.15. The lowest BCUT2D eigenvalue weighted by Crippen LogP contribution is -2.13. The second-order valence-electron chi connectivity index (χ2n) is 4.95. The molecule has 0 bridgehead atoms. The van der Waals surface area contributed by atoms with E-state index in [4.69, 9.17) is 18.9 Å². The second-order valence-corrected chi connectivity index (χ2v) is 4.95. The average molecular weight is 354 g/mol. The summed E-state index contributed by atoms with van der Waals surface area (Å²) in [6.45, 7) is 1.41. The highest BCUT2D eigenvalue weighted by Crippen LogP contribution is 2.39. The maximum atomic E-state index is 5.48. The summed E-state index contributed by atoms with van der Waals surface area (Å²) in [7, 11) is 6.51. The summed E-state index contributed by atoms with van der Waals surface area (Å²) in [5.74, 6) is 2.81. The molecule has 2 rings (SSSR count). The van der Waals surface area contributed by atoms with E-state index in [2.05, 4.69) is 5.32 Å². The van der Waals surface area contributed by atoms with Gasteiger partial charge in [-0.2, -0.15) is 0 Å². The minimum atomic E-state index is 0. The van der Waals surface area contributed by atoms with E-state index in [1.54, 1.807) is 28.4 Å². The molecule has 0 spiro atoms. The van der Waals surface area contributed by atoms with Crippen LogP contribution >= 0.6 is 12.4 Å². The van der Waals surface area contributed by atoms with Crippen LogP contribution in [0, 0.1) is 0 Å². The van der Waals surface area contributed by atoms with Crippen LogP contribution in [0.25, 0.3) is 0 Å². The zero-order chi connectivity index (χ0) is 16.7. The molecule has 1 N–H and O–H groups in total. The topological polar surface area (TPSA) is 49.0 Å². The average Bonchev–Trinajstić information content (AvgIpc) is 2.61. The Hall–Kier alpha value is -2.11. The monoisotopic (exact) mass is 353 g/mol. The summed E-state index contributed by atoms with van der Waals surface area (Å²) in [4.78, 5) is 0. The summed E-state index contributed by atoms with van der Waals surface area (Å²) >= 11 is 0. The van der Waals surface area contributed by atoms with Crippen molar-refractivity contribution in [3.63, 3.8) is 0 Å². The Balaban J connectivity index is 0.00000288. The fourth-order valence-corrected chi connectivity index (χ4v) is 2.39. The van der Waals surface area contributed by atoms with Gasteiger partial charge in [-0.1, -0.05) is 18.2 Å². The predicted molar refractivity (Wildman–Crippen MR) is 96.9 cm³/mol. The van der Waals surface area contributed by atoms with Gasteiger partial charge in [-0.15, -0.1) is 12.4 Å². The molecule has 2 aromatic carbocycles. The van der Waals surface area contributed by atoms with Crippen LogP contribution < -0.4 is 24.3 Å². The molecule has 0 atom stereocenters. The first-order valence-corrected chi connectivity index (χ1v) is 7.35. The fraction of sp³-hybridized carbons (Fsp3) is 0.333. The predicted octanol–water partition coefficient (Wildman–Crippen LogP) is 3.43. The molecule has 6 heteroatoms. The molecule has 0 amide bonds. The lowest BCUT2D eigenvalue weighted by atomic mass is 10.1. The minimum absolute atomic E-state index is 0. The number of ether oxygens (including phenoxy) is 4. The molecule has 0 aromatic heterocycles. The minimum Gasteiger partial charge on any atom is -0.497 e. The molecule has 0 aliphatic carbocycles. The van der Waals surface area contributed by atoms with E-state index in [0.29, 0.717) is 23.8 Å². The third-order valence-corrected chi connectivity index (χ3v) is 3.59. The molecule has 0 saturated carbocycles. The number of nitrogens with one attached hydrogen (secondary N) is 1. The van der Waals surface area contributed by atoms with Crippen LogP contribution in [-0.2, 0) is 13.1 Å². The maximum Gasteiger partial charge on any atom is 0.203 e. The Kier molecular flexibility index (Phi) is 8.22. The van der Waals surface area contributed by atoms with E-state index in [1.165, 1.54) is 5.56 Å². The van der Waals surface area contributed by atoms with Crippen molar-refractivity contribution in [2.75, 3.05) is 28.4 Å². The zero-order valence-electron chi connectivity index (χ0n) is 14.4. The van der Waals surface area contributed by atoms with Gasteiger partial charge in [0, 0.05) is 18.7 Å². The van der Waals surface area contributed by atoms with Crippen molar-refractivity contribution < 1.29 is 18.9 Å². The Labute approximate surface area is 149 Å². The normalized spacial score (nSPS) is 9.83. The third kappa shape index (κ3) is 4.69. The van der Waals surface area contributed by atoms with E-state index in [-0.39, 0.29) is 12.4 Å². The van der Waals surface area contributed by atoms with Gasteiger partial charge < -0.3 is 24.3 Å². The van der Waals surface area contributed by atoms with Gasteiger partial charge >= 0.3 is 0 Å². The number of rotatable bonds is 8. The zero-order valence-corrected chi connectivity index (χ0v) is 15.2.